The molecule has 0 atom stereocenters. The molecule has 2 amide bonds. The largest absolute Gasteiger partial charge is 0.497 e. The molecule has 0 unspecified atom stereocenters. The molecular formula is C23H21BrN2O3S. The monoisotopic (exact) mass is 484 g/mol. The third kappa shape index (κ3) is 5.87. The lowest BCUT2D eigenvalue weighted by molar-refractivity contribution is -0.113. The Bertz CT molecular complexity index is 1070. The van der Waals surface area contributed by atoms with Gasteiger partial charge in [0.15, 0.2) is 0 Å². The maximum atomic E-state index is 12.8. The number of ether oxygens (including phenoxy) is 1. The summed E-state index contributed by atoms with van der Waals surface area (Å²) in [6.07, 6.45) is 0. The van der Waals surface area contributed by atoms with Crippen LogP contribution in [0.15, 0.2) is 76.1 Å². The Labute approximate surface area is 188 Å². The summed E-state index contributed by atoms with van der Waals surface area (Å²) < 4.78 is 6.12. The van der Waals surface area contributed by atoms with Crippen molar-refractivity contribution in [3.63, 3.8) is 0 Å². The fourth-order valence-corrected chi connectivity index (χ4v) is 4.10. The van der Waals surface area contributed by atoms with E-state index in [0.29, 0.717) is 17.0 Å². The first-order chi connectivity index (χ1) is 14.5. The van der Waals surface area contributed by atoms with Crippen LogP contribution in [0.4, 0.5) is 11.4 Å². The Morgan fingerprint density at radius 2 is 1.80 bits per heavy atom. The van der Waals surface area contributed by atoms with Crippen molar-refractivity contribution in [2.45, 2.75) is 11.8 Å². The Morgan fingerprint density at radius 1 is 1.00 bits per heavy atom. The molecule has 0 bridgehead atoms. The van der Waals surface area contributed by atoms with Gasteiger partial charge in [-0.05, 0) is 55.0 Å². The highest BCUT2D eigenvalue weighted by Gasteiger charge is 2.14. The molecule has 3 rings (SSSR count). The van der Waals surface area contributed by atoms with Crippen LogP contribution >= 0.6 is 27.7 Å². The molecule has 3 aromatic carbocycles. The van der Waals surface area contributed by atoms with E-state index >= 15 is 0 Å². The highest BCUT2D eigenvalue weighted by Crippen LogP contribution is 2.26. The fraction of sp³-hybridized carbons (Fsp3) is 0.130. The van der Waals surface area contributed by atoms with Gasteiger partial charge in [-0.3, -0.25) is 9.59 Å². The van der Waals surface area contributed by atoms with Crippen LogP contribution in [0.3, 0.4) is 0 Å². The average Bonchev–Trinajstić information content (AvgIpc) is 2.74. The van der Waals surface area contributed by atoms with Crippen molar-refractivity contribution in [3.8, 4) is 5.75 Å². The minimum Gasteiger partial charge on any atom is -0.497 e. The van der Waals surface area contributed by atoms with Gasteiger partial charge in [0, 0.05) is 26.8 Å². The van der Waals surface area contributed by atoms with Gasteiger partial charge in [-0.25, -0.2) is 0 Å². The lowest BCUT2D eigenvalue weighted by Gasteiger charge is -2.12. The van der Waals surface area contributed by atoms with Crippen LogP contribution in [0, 0.1) is 6.92 Å². The highest BCUT2D eigenvalue weighted by atomic mass is 79.9. The molecule has 0 saturated heterocycles. The van der Waals surface area contributed by atoms with Crippen molar-refractivity contribution >= 4 is 50.9 Å². The molecule has 0 aliphatic carbocycles. The van der Waals surface area contributed by atoms with Gasteiger partial charge in [0.2, 0.25) is 5.91 Å². The minimum absolute atomic E-state index is 0.160. The number of anilines is 2. The second kappa shape index (κ2) is 10.3. The maximum Gasteiger partial charge on any atom is 0.256 e. The van der Waals surface area contributed by atoms with Crippen LogP contribution in [-0.4, -0.2) is 24.7 Å². The number of aryl methyl sites for hydroxylation is 1. The number of benzene rings is 3. The summed E-state index contributed by atoms with van der Waals surface area (Å²) in [5, 5.41) is 5.79. The number of amides is 2. The zero-order valence-corrected chi connectivity index (χ0v) is 19.0. The van der Waals surface area contributed by atoms with E-state index in [0.717, 1.165) is 20.6 Å². The second-order valence-electron chi connectivity index (χ2n) is 6.48. The predicted octanol–water partition coefficient (Wildman–Crippen LogP) is 5.75. The molecule has 7 heteroatoms. The molecule has 30 heavy (non-hydrogen) atoms. The Kier molecular flexibility index (Phi) is 7.54. The molecule has 0 fully saturated rings. The molecule has 0 heterocycles. The van der Waals surface area contributed by atoms with Crippen molar-refractivity contribution in [2.75, 3.05) is 23.5 Å². The van der Waals surface area contributed by atoms with Gasteiger partial charge in [-0.2, -0.15) is 0 Å². The number of nitrogens with one attached hydrogen (secondary N) is 2. The highest BCUT2D eigenvalue weighted by molar-refractivity contribution is 9.10. The summed E-state index contributed by atoms with van der Waals surface area (Å²) in [6, 6.07) is 20.1. The average molecular weight is 485 g/mol. The first kappa shape index (κ1) is 21.9. The summed E-state index contributed by atoms with van der Waals surface area (Å²) in [7, 11) is 1.58. The van der Waals surface area contributed by atoms with Crippen molar-refractivity contribution in [3.05, 3.63) is 82.3 Å². The molecule has 5 nitrogen and oxygen atoms in total. The van der Waals surface area contributed by atoms with Crippen molar-refractivity contribution in [1.82, 2.24) is 0 Å². The van der Waals surface area contributed by atoms with E-state index in [9.17, 15) is 9.59 Å². The Morgan fingerprint density at radius 3 is 2.57 bits per heavy atom. The van der Waals surface area contributed by atoms with Gasteiger partial charge in [0.05, 0.1) is 18.4 Å². The predicted molar refractivity (Wildman–Crippen MR) is 126 cm³/mol. The molecule has 0 saturated carbocycles. The third-order valence-electron chi connectivity index (χ3n) is 4.28. The molecule has 0 aliphatic heterocycles. The number of hydrogen-bond donors (Lipinski definition) is 2. The van der Waals surface area contributed by atoms with Crippen LogP contribution in [-0.2, 0) is 4.79 Å². The third-order valence-corrected chi connectivity index (χ3v) is 5.85. The van der Waals surface area contributed by atoms with Crippen molar-refractivity contribution < 1.29 is 14.3 Å². The van der Waals surface area contributed by atoms with E-state index < -0.39 is 0 Å². The number of methoxy groups -OCH3 is 1. The van der Waals surface area contributed by atoms with E-state index in [1.807, 2.05) is 55.5 Å². The van der Waals surface area contributed by atoms with Crippen molar-refractivity contribution in [2.24, 2.45) is 0 Å². The summed E-state index contributed by atoms with van der Waals surface area (Å²) in [4.78, 5) is 25.9. The van der Waals surface area contributed by atoms with Crippen LogP contribution in [0.25, 0.3) is 0 Å². The SMILES string of the molecule is COc1cccc(NC(=O)CSc2ccccc2C(=O)Nc2ccc(Br)cc2C)c1. The molecule has 0 spiro atoms. The molecule has 0 radical (unpaired) electrons. The quantitative estimate of drug-likeness (QED) is 0.419. The van der Waals surface area contributed by atoms with Crippen LogP contribution in [0.5, 0.6) is 5.75 Å². The topological polar surface area (TPSA) is 67.4 Å². The van der Waals surface area contributed by atoms with Crippen molar-refractivity contribution in [1.29, 1.82) is 0 Å². The number of carbonyl (C=O) groups excluding carboxylic acids is 2. The molecule has 3 aromatic rings. The Hall–Kier alpha value is -2.77. The molecule has 0 aliphatic rings. The zero-order chi connectivity index (χ0) is 21.5. The summed E-state index contributed by atoms with van der Waals surface area (Å²) in [5.41, 5.74) is 2.90. The standard InChI is InChI=1S/C23H21BrN2O3S/c1-15-12-16(24)10-11-20(15)26-23(28)19-8-3-4-9-21(19)30-14-22(27)25-17-6-5-7-18(13-17)29-2/h3-13H,14H2,1-2H3,(H,25,27)(H,26,28). The molecule has 154 valence electrons. The minimum atomic E-state index is -0.211. The fourth-order valence-electron chi connectivity index (χ4n) is 2.78. The number of thioether (sulfide) groups is 1. The first-order valence-corrected chi connectivity index (χ1v) is 11.0. The van der Waals surface area contributed by atoms with E-state index in [2.05, 4.69) is 26.6 Å². The summed E-state index contributed by atoms with van der Waals surface area (Å²) in [5.74, 6) is 0.480. The number of halogens is 1. The van der Waals surface area contributed by atoms with E-state index in [1.165, 1.54) is 11.8 Å². The van der Waals surface area contributed by atoms with Gasteiger partial charge in [-0.1, -0.05) is 34.1 Å². The second-order valence-corrected chi connectivity index (χ2v) is 8.41. The summed E-state index contributed by atoms with van der Waals surface area (Å²) >= 11 is 4.74. The smallest absolute Gasteiger partial charge is 0.256 e. The van der Waals surface area contributed by atoms with Crippen LogP contribution < -0.4 is 15.4 Å². The first-order valence-electron chi connectivity index (χ1n) is 9.19. The summed E-state index contributed by atoms with van der Waals surface area (Å²) in [6.45, 7) is 1.93. The Balaban J connectivity index is 1.65. The molecule has 0 aromatic heterocycles. The van der Waals surface area contributed by atoms with Gasteiger partial charge in [-0.15, -0.1) is 11.8 Å². The van der Waals surface area contributed by atoms with E-state index in [-0.39, 0.29) is 17.6 Å². The zero-order valence-electron chi connectivity index (χ0n) is 16.6. The molecular weight excluding hydrogens is 464 g/mol. The van der Waals surface area contributed by atoms with Gasteiger partial charge in [0.25, 0.3) is 5.91 Å². The number of carbonyl (C=O) groups is 2. The van der Waals surface area contributed by atoms with Gasteiger partial charge >= 0.3 is 0 Å². The van der Waals surface area contributed by atoms with Gasteiger partial charge in [0.1, 0.15) is 5.75 Å². The van der Waals surface area contributed by atoms with Crippen LogP contribution in [0.1, 0.15) is 15.9 Å². The van der Waals surface area contributed by atoms with E-state index in [4.69, 9.17) is 4.74 Å². The number of hydrogen-bond acceptors (Lipinski definition) is 4. The van der Waals surface area contributed by atoms with E-state index in [1.54, 1.807) is 25.3 Å². The van der Waals surface area contributed by atoms with Gasteiger partial charge < -0.3 is 15.4 Å². The number of rotatable bonds is 7. The molecule has 2 N–H and O–H groups in total. The lowest BCUT2D eigenvalue weighted by atomic mass is 10.1. The lowest BCUT2D eigenvalue weighted by Crippen LogP contribution is -2.16. The normalized spacial score (nSPS) is 10.4. The maximum absolute atomic E-state index is 12.8. The van der Waals surface area contributed by atoms with Crippen LogP contribution in [0.2, 0.25) is 0 Å².